The van der Waals surface area contributed by atoms with Gasteiger partial charge in [-0.3, -0.25) is 0 Å². The van der Waals surface area contributed by atoms with E-state index in [2.05, 4.69) is 4.72 Å². The van der Waals surface area contributed by atoms with Crippen LogP contribution in [-0.4, -0.2) is 14.0 Å². The number of sulfonamides is 1. The highest BCUT2D eigenvalue weighted by molar-refractivity contribution is 7.89. The topological polar surface area (TPSA) is 46.2 Å². The summed E-state index contributed by atoms with van der Waals surface area (Å²) in [7, 11) is -3.59. The Balaban J connectivity index is 2.34. The van der Waals surface area contributed by atoms with Gasteiger partial charge in [-0.2, -0.15) is 0 Å². The first-order valence-electron chi connectivity index (χ1n) is 7.59. The first-order valence-corrected chi connectivity index (χ1v) is 9.07. The Kier molecular flexibility index (Phi) is 5.07. The Bertz CT molecular complexity index is 789. The summed E-state index contributed by atoms with van der Waals surface area (Å²) in [5, 5.41) is 0. The first-order chi connectivity index (χ1) is 10.8. The average molecular weight is 329 g/mol. The zero-order chi connectivity index (χ0) is 17.1. The first kappa shape index (κ1) is 17.4. The number of nitrogens with one attached hydrogen (secondary N) is 1. The van der Waals surface area contributed by atoms with Crippen molar-refractivity contribution in [2.45, 2.75) is 38.1 Å². The van der Waals surface area contributed by atoms with Gasteiger partial charge in [0.2, 0.25) is 10.0 Å². The van der Waals surface area contributed by atoms with Crippen LogP contribution in [0.15, 0.2) is 65.6 Å². The van der Waals surface area contributed by atoms with Gasteiger partial charge in [0.25, 0.3) is 0 Å². The molecule has 2 aromatic rings. The Morgan fingerprint density at radius 2 is 1.57 bits per heavy atom. The lowest BCUT2D eigenvalue weighted by atomic mass is 9.89. The summed E-state index contributed by atoms with van der Waals surface area (Å²) in [5.41, 5.74) is 2.25. The lowest BCUT2D eigenvalue weighted by Gasteiger charge is -2.29. The molecular formula is C19H23NO2S. The minimum absolute atomic E-state index is 0.277. The molecule has 0 saturated heterocycles. The van der Waals surface area contributed by atoms with E-state index in [-0.39, 0.29) is 4.90 Å². The van der Waals surface area contributed by atoms with E-state index in [0.29, 0.717) is 0 Å². The quantitative estimate of drug-likeness (QED) is 0.895. The molecule has 0 unspecified atom stereocenters. The summed E-state index contributed by atoms with van der Waals surface area (Å²) >= 11 is 0. The van der Waals surface area contributed by atoms with Crippen LogP contribution in [0.4, 0.5) is 0 Å². The second-order valence-corrected chi connectivity index (χ2v) is 7.79. The Hall–Kier alpha value is -1.91. The monoisotopic (exact) mass is 329 g/mol. The molecule has 2 aromatic carbocycles. The molecular weight excluding hydrogens is 306 g/mol. The van der Waals surface area contributed by atoms with Gasteiger partial charge in [-0.25, -0.2) is 13.1 Å². The van der Waals surface area contributed by atoms with Crippen molar-refractivity contribution in [3.8, 4) is 0 Å². The van der Waals surface area contributed by atoms with Gasteiger partial charge >= 0.3 is 0 Å². The number of hydrogen-bond acceptors (Lipinski definition) is 2. The standard InChI is InChI=1S/C19H23NO2S/c1-5-18(16-9-7-6-8-10-16)19(3,4)20-23(21,22)17-13-11-15(2)12-14-17/h5-14,20H,1-4H3. The SMILES string of the molecule is CC=C(c1ccccc1)C(C)(C)NS(=O)(=O)c1ccc(C)cc1. The molecule has 0 aromatic heterocycles. The fourth-order valence-corrected chi connectivity index (χ4v) is 4.07. The van der Waals surface area contributed by atoms with E-state index in [0.717, 1.165) is 16.7 Å². The third kappa shape index (κ3) is 4.09. The lowest BCUT2D eigenvalue weighted by molar-refractivity contribution is 0.537. The number of benzene rings is 2. The third-order valence-electron chi connectivity index (χ3n) is 3.77. The van der Waals surface area contributed by atoms with Crippen molar-refractivity contribution in [3.63, 3.8) is 0 Å². The molecule has 0 bridgehead atoms. The van der Waals surface area contributed by atoms with Crippen LogP contribution in [0.3, 0.4) is 0 Å². The van der Waals surface area contributed by atoms with Crippen LogP contribution in [0, 0.1) is 6.92 Å². The van der Waals surface area contributed by atoms with E-state index < -0.39 is 15.6 Å². The van der Waals surface area contributed by atoms with Crippen molar-refractivity contribution in [1.82, 2.24) is 4.72 Å². The van der Waals surface area contributed by atoms with Crippen molar-refractivity contribution in [1.29, 1.82) is 0 Å². The van der Waals surface area contributed by atoms with Crippen molar-refractivity contribution in [3.05, 3.63) is 71.8 Å². The number of hydrogen-bond donors (Lipinski definition) is 1. The molecule has 4 heteroatoms. The van der Waals surface area contributed by atoms with Crippen LogP contribution in [0.2, 0.25) is 0 Å². The van der Waals surface area contributed by atoms with E-state index in [1.807, 2.05) is 64.1 Å². The van der Waals surface area contributed by atoms with E-state index >= 15 is 0 Å². The maximum atomic E-state index is 12.7. The molecule has 122 valence electrons. The smallest absolute Gasteiger partial charge is 0.207 e. The summed E-state index contributed by atoms with van der Waals surface area (Å²) < 4.78 is 28.2. The Morgan fingerprint density at radius 3 is 2.09 bits per heavy atom. The number of aryl methyl sites for hydroxylation is 1. The maximum Gasteiger partial charge on any atom is 0.241 e. The second kappa shape index (κ2) is 6.69. The van der Waals surface area contributed by atoms with Crippen molar-refractivity contribution in [2.24, 2.45) is 0 Å². The van der Waals surface area contributed by atoms with Gasteiger partial charge in [-0.1, -0.05) is 54.1 Å². The molecule has 0 amide bonds. The number of rotatable bonds is 5. The van der Waals surface area contributed by atoms with Crippen LogP contribution in [-0.2, 0) is 10.0 Å². The molecule has 0 heterocycles. The fraction of sp³-hybridized carbons (Fsp3) is 0.263. The predicted molar refractivity (Wildman–Crippen MR) is 95.7 cm³/mol. The summed E-state index contributed by atoms with van der Waals surface area (Å²) in [4.78, 5) is 0.277. The molecule has 0 aliphatic carbocycles. The van der Waals surface area contributed by atoms with Gasteiger partial charge in [0, 0.05) is 0 Å². The molecule has 1 N–H and O–H groups in total. The summed E-state index contributed by atoms with van der Waals surface area (Å²) in [6.45, 7) is 7.60. The zero-order valence-corrected chi connectivity index (χ0v) is 14.8. The molecule has 3 nitrogen and oxygen atoms in total. The summed E-state index contributed by atoms with van der Waals surface area (Å²) in [5.74, 6) is 0. The van der Waals surface area contributed by atoms with Crippen molar-refractivity contribution < 1.29 is 8.42 Å². The molecule has 0 saturated carbocycles. The van der Waals surface area contributed by atoms with Crippen LogP contribution in [0.5, 0.6) is 0 Å². The molecule has 0 spiro atoms. The predicted octanol–water partition coefficient (Wildman–Crippen LogP) is 4.16. The van der Waals surface area contributed by atoms with Gasteiger partial charge in [0.1, 0.15) is 0 Å². The van der Waals surface area contributed by atoms with E-state index in [9.17, 15) is 8.42 Å². The molecule has 0 aliphatic heterocycles. The van der Waals surface area contributed by atoms with Crippen LogP contribution in [0.25, 0.3) is 5.57 Å². The van der Waals surface area contributed by atoms with E-state index in [4.69, 9.17) is 0 Å². The largest absolute Gasteiger partial charge is 0.241 e. The van der Waals surface area contributed by atoms with Gasteiger partial charge in [-0.15, -0.1) is 0 Å². The highest BCUT2D eigenvalue weighted by Crippen LogP contribution is 2.28. The molecule has 0 aliphatic rings. The minimum Gasteiger partial charge on any atom is -0.207 e. The zero-order valence-electron chi connectivity index (χ0n) is 14.0. The van der Waals surface area contributed by atoms with Crippen molar-refractivity contribution >= 4 is 15.6 Å². The van der Waals surface area contributed by atoms with Gasteiger partial charge in [0.15, 0.2) is 0 Å². The molecule has 2 rings (SSSR count). The normalized spacial score (nSPS) is 13.1. The fourth-order valence-electron chi connectivity index (χ4n) is 2.67. The van der Waals surface area contributed by atoms with Gasteiger partial charge in [0.05, 0.1) is 10.4 Å². The Morgan fingerprint density at radius 1 is 1.00 bits per heavy atom. The maximum absolute atomic E-state index is 12.7. The highest BCUT2D eigenvalue weighted by Gasteiger charge is 2.30. The van der Waals surface area contributed by atoms with Crippen molar-refractivity contribution in [2.75, 3.05) is 0 Å². The molecule has 23 heavy (non-hydrogen) atoms. The van der Waals surface area contributed by atoms with Crippen LogP contribution >= 0.6 is 0 Å². The van der Waals surface area contributed by atoms with E-state index in [1.54, 1.807) is 24.3 Å². The third-order valence-corrected chi connectivity index (χ3v) is 5.44. The summed E-state index contributed by atoms with van der Waals surface area (Å²) in [6.07, 6.45) is 1.95. The molecule has 0 radical (unpaired) electrons. The Labute approximate surface area is 139 Å². The van der Waals surface area contributed by atoms with Gasteiger partial charge < -0.3 is 0 Å². The molecule has 0 atom stereocenters. The van der Waals surface area contributed by atoms with Gasteiger partial charge in [-0.05, 0) is 51.0 Å². The molecule has 0 fully saturated rings. The average Bonchev–Trinajstić information content (AvgIpc) is 2.48. The second-order valence-electron chi connectivity index (χ2n) is 6.11. The summed E-state index contributed by atoms with van der Waals surface area (Å²) in [6, 6.07) is 16.7. The highest BCUT2D eigenvalue weighted by atomic mass is 32.2. The van der Waals surface area contributed by atoms with Crippen LogP contribution < -0.4 is 4.72 Å². The van der Waals surface area contributed by atoms with E-state index in [1.165, 1.54) is 0 Å². The van der Waals surface area contributed by atoms with Crippen LogP contribution in [0.1, 0.15) is 31.9 Å². The number of allylic oxidation sites excluding steroid dienone is 1. The minimum atomic E-state index is -3.59. The lowest BCUT2D eigenvalue weighted by Crippen LogP contribution is -2.44.